The van der Waals surface area contributed by atoms with Gasteiger partial charge in [0, 0.05) is 13.5 Å². The van der Waals surface area contributed by atoms with Crippen LogP contribution in [0.3, 0.4) is 0 Å². The summed E-state index contributed by atoms with van der Waals surface area (Å²) >= 11 is 0. The molecule has 0 aliphatic carbocycles. The van der Waals surface area contributed by atoms with Gasteiger partial charge in [-0.2, -0.15) is 0 Å². The molecule has 0 aromatic rings. The second kappa shape index (κ2) is 4.86. The highest BCUT2D eigenvalue weighted by Crippen LogP contribution is 2.19. The van der Waals surface area contributed by atoms with E-state index in [4.69, 9.17) is 14.9 Å². The molecular formula is C8H15NO6. The van der Waals surface area contributed by atoms with Crippen LogP contribution in [-0.4, -0.2) is 63.6 Å². The Balaban J connectivity index is 2.54. The summed E-state index contributed by atoms with van der Waals surface area (Å²) in [7, 11) is 0. The normalized spacial score (nSPS) is 41.3. The number of carbonyl (C=O) groups excluding carboxylic acids is 1. The SMILES string of the molecule is CC(=O)NCC1OC(O)C(O)C(O)C1O. The molecule has 1 fully saturated rings. The topological polar surface area (TPSA) is 119 Å². The van der Waals surface area contributed by atoms with Crippen LogP contribution in [0.2, 0.25) is 0 Å². The van der Waals surface area contributed by atoms with Crippen molar-refractivity contribution < 1.29 is 30.0 Å². The minimum atomic E-state index is -1.57. The van der Waals surface area contributed by atoms with Gasteiger partial charge in [-0.3, -0.25) is 4.79 Å². The van der Waals surface area contributed by atoms with E-state index in [0.717, 1.165) is 0 Å². The molecule has 5 unspecified atom stereocenters. The van der Waals surface area contributed by atoms with Gasteiger partial charge in [-0.25, -0.2) is 0 Å². The van der Waals surface area contributed by atoms with Gasteiger partial charge in [0.15, 0.2) is 6.29 Å². The molecular weight excluding hydrogens is 206 g/mol. The van der Waals surface area contributed by atoms with Gasteiger partial charge in [-0.1, -0.05) is 0 Å². The average molecular weight is 221 g/mol. The fraction of sp³-hybridized carbons (Fsp3) is 0.875. The van der Waals surface area contributed by atoms with Crippen molar-refractivity contribution in [1.82, 2.24) is 5.32 Å². The van der Waals surface area contributed by atoms with Crippen LogP contribution in [0.4, 0.5) is 0 Å². The Labute approximate surface area is 86.3 Å². The molecule has 0 saturated carbocycles. The molecule has 88 valence electrons. The number of aliphatic hydroxyl groups is 4. The van der Waals surface area contributed by atoms with Crippen LogP contribution in [-0.2, 0) is 9.53 Å². The second-order valence-corrected chi connectivity index (χ2v) is 3.47. The number of hydrogen-bond donors (Lipinski definition) is 5. The predicted octanol–water partition coefficient (Wildman–Crippen LogP) is -3.08. The summed E-state index contributed by atoms with van der Waals surface area (Å²) in [6.45, 7) is 1.24. The highest BCUT2D eigenvalue weighted by Gasteiger charge is 2.42. The van der Waals surface area contributed by atoms with Crippen molar-refractivity contribution in [1.29, 1.82) is 0 Å². The van der Waals surface area contributed by atoms with Crippen molar-refractivity contribution in [2.24, 2.45) is 0 Å². The van der Waals surface area contributed by atoms with E-state index >= 15 is 0 Å². The molecule has 1 aliphatic rings. The van der Waals surface area contributed by atoms with Crippen molar-refractivity contribution in [2.45, 2.75) is 37.6 Å². The molecule has 0 aromatic carbocycles. The van der Waals surface area contributed by atoms with Gasteiger partial charge < -0.3 is 30.5 Å². The van der Waals surface area contributed by atoms with E-state index in [-0.39, 0.29) is 12.5 Å². The lowest BCUT2D eigenvalue weighted by Gasteiger charge is -2.38. The van der Waals surface area contributed by atoms with Gasteiger partial charge in [0.2, 0.25) is 5.91 Å². The highest BCUT2D eigenvalue weighted by molar-refractivity contribution is 5.72. The first-order valence-corrected chi connectivity index (χ1v) is 4.55. The molecule has 15 heavy (non-hydrogen) atoms. The van der Waals surface area contributed by atoms with Gasteiger partial charge in [0.05, 0.1) is 0 Å². The van der Waals surface area contributed by atoms with E-state index in [1.165, 1.54) is 6.92 Å². The average Bonchev–Trinajstić information content (AvgIpc) is 2.18. The fourth-order valence-electron chi connectivity index (χ4n) is 1.34. The number of carbonyl (C=O) groups is 1. The molecule has 1 heterocycles. The van der Waals surface area contributed by atoms with Gasteiger partial charge >= 0.3 is 0 Å². The summed E-state index contributed by atoms with van der Waals surface area (Å²) in [5.74, 6) is -0.319. The molecule has 0 spiro atoms. The van der Waals surface area contributed by atoms with Gasteiger partial charge in [-0.05, 0) is 0 Å². The number of amides is 1. The summed E-state index contributed by atoms with van der Waals surface area (Å²) in [5, 5.41) is 39.4. The zero-order valence-corrected chi connectivity index (χ0v) is 8.20. The number of nitrogens with one attached hydrogen (secondary N) is 1. The molecule has 1 rings (SSSR count). The quantitative estimate of drug-likeness (QED) is 0.337. The number of hydrogen-bond acceptors (Lipinski definition) is 6. The monoisotopic (exact) mass is 221 g/mol. The molecule has 0 radical (unpaired) electrons. The number of rotatable bonds is 2. The third kappa shape index (κ3) is 2.86. The minimum absolute atomic E-state index is 0.0443. The summed E-state index contributed by atoms with van der Waals surface area (Å²) in [4.78, 5) is 10.6. The van der Waals surface area contributed by atoms with Crippen LogP contribution in [0, 0.1) is 0 Å². The Kier molecular flexibility index (Phi) is 4.00. The lowest BCUT2D eigenvalue weighted by atomic mass is 9.99. The molecule has 0 aromatic heterocycles. The zero-order chi connectivity index (χ0) is 11.6. The Morgan fingerprint density at radius 1 is 1.20 bits per heavy atom. The van der Waals surface area contributed by atoms with Crippen molar-refractivity contribution in [2.75, 3.05) is 6.54 Å². The van der Waals surface area contributed by atoms with Gasteiger partial charge in [-0.15, -0.1) is 0 Å². The Morgan fingerprint density at radius 2 is 1.80 bits per heavy atom. The molecule has 1 saturated heterocycles. The second-order valence-electron chi connectivity index (χ2n) is 3.47. The first-order chi connectivity index (χ1) is 6.93. The Morgan fingerprint density at radius 3 is 2.33 bits per heavy atom. The number of ether oxygens (including phenoxy) is 1. The number of aliphatic hydroxyl groups excluding tert-OH is 4. The summed E-state index contributed by atoms with van der Waals surface area (Å²) < 4.78 is 4.81. The van der Waals surface area contributed by atoms with Gasteiger partial charge in [0.1, 0.15) is 24.4 Å². The Hall–Kier alpha value is -0.730. The van der Waals surface area contributed by atoms with E-state index in [2.05, 4.69) is 5.32 Å². The van der Waals surface area contributed by atoms with Crippen LogP contribution < -0.4 is 5.32 Å². The van der Waals surface area contributed by atoms with Crippen LogP contribution in [0.15, 0.2) is 0 Å². The van der Waals surface area contributed by atoms with Crippen molar-refractivity contribution in [3.05, 3.63) is 0 Å². The summed E-state index contributed by atoms with van der Waals surface area (Å²) in [6, 6.07) is 0. The zero-order valence-electron chi connectivity index (χ0n) is 8.20. The third-order valence-corrected chi connectivity index (χ3v) is 2.24. The standard InChI is InChI=1S/C8H15NO6/c1-3(10)9-2-4-5(11)6(12)7(13)8(14)15-4/h4-8,11-14H,2H2,1H3,(H,9,10). The van der Waals surface area contributed by atoms with Gasteiger partial charge in [0.25, 0.3) is 0 Å². The van der Waals surface area contributed by atoms with E-state index in [0.29, 0.717) is 0 Å². The lowest BCUT2D eigenvalue weighted by Crippen LogP contribution is -2.59. The predicted molar refractivity (Wildman–Crippen MR) is 47.6 cm³/mol. The maximum absolute atomic E-state index is 10.6. The molecule has 7 nitrogen and oxygen atoms in total. The lowest BCUT2D eigenvalue weighted by molar-refractivity contribution is -0.280. The van der Waals surface area contributed by atoms with Crippen molar-refractivity contribution in [3.8, 4) is 0 Å². The van der Waals surface area contributed by atoms with E-state index in [1.54, 1.807) is 0 Å². The van der Waals surface area contributed by atoms with Crippen LogP contribution in [0.25, 0.3) is 0 Å². The minimum Gasteiger partial charge on any atom is -0.388 e. The van der Waals surface area contributed by atoms with E-state index < -0.39 is 30.7 Å². The smallest absolute Gasteiger partial charge is 0.216 e. The first kappa shape index (κ1) is 12.3. The molecule has 0 bridgehead atoms. The molecule has 5 atom stereocenters. The molecule has 7 heteroatoms. The summed E-state index contributed by atoms with van der Waals surface area (Å²) in [6.07, 6.45) is -6.90. The van der Waals surface area contributed by atoms with Crippen molar-refractivity contribution >= 4 is 5.91 Å². The van der Waals surface area contributed by atoms with E-state index in [9.17, 15) is 15.0 Å². The maximum atomic E-state index is 10.6. The summed E-state index contributed by atoms with van der Waals surface area (Å²) in [5.41, 5.74) is 0. The first-order valence-electron chi connectivity index (χ1n) is 4.55. The largest absolute Gasteiger partial charge is 0.388 e. The maximum Gasteiger partial charge on any atom is 0.216 e. The molecule has 1 amide bonds. The molecule has 1 aliphatic heterocycles. The fourth-order valence-corrected chi connectivity index (χ4v) is 1.34. The molecule has 5 N–H and O–H groups in total. The van der Waals surface area contributed by atoms with Crippen LogP contribution >= 0.6 is 0 Å². The van der Waals surface area contributed by atoms with Crippen LogP contribution in [0.1, 0.15) is 6.92 Å². The van der Waals surface area contributed by atoms with E-state index in [1.807, 2.05) is 0 Å². The highest BCUT2D eigenvalue weighted by atomic mass is 16.6. The Bertz CT molecular complexity index is 235. The van der Waals surface area contributed by atoms with Crippen molar-refractivity contribution in [3.63, 3.8) is 0 Å². The van der Waals surface area contributed by atoms with Crippen LogP contribution in [0.5, 0.6) is 0 Å². The third-order valence-electron chi connectivity index (χ3n) is 2.24.